The molecular formula is C17H28O7. The molecule has 0 aromatic rings. The van der Waals surface area contributed by atoms with Gasteiger partial charge in [0.2, 0.25) is 0 Å². The summed E-state index contributed by atoms with van der Waals surface area (Å²) in [6, 6.07) is 0. The van der Waals surface area contributed by atoms with E-state index >= 15 is 0 Å². The summed E-state index contributed by atoms with van der Waals surface area (Å²) in [4.78, 5) is 35.8. The van der Waals surface area contributed by atoms with Crippen molar-refractivity contribution in [1.29, 1.82) is 0 Å². The highest BCUT2D eigenvalue weighted by Gasteiger charge is 2.42. The molecule has 7 heteroatoms. The molecule has 1 heterocycles. The molecule has 1 saturated heterocycles. The molecule has 0 radical (unpaired) electrons. The average molecular weight is 344 g/mol. The summed E-state index contributed by atoms with van der Waals surface area (Å²) < 4.78 is 21.6. The Kier molecular flexibility index (Phi) is 7.66. The molecule has 0 aromatic heterocycles. The monoisotopic (exact) mass is 344 g/mol. The van der Waals surface area contributed by atoms with Crippen molar-refractivity contribution in [2.45, 2.75) is 59.9 Å². The van der Waals surface area contributed by atoms with Crippen LogP contribution in [0.2, 0.25) is 0 Å². The third kappa shape index (κ3) is 5.78. The first kappa shape index (κ1) is 20.4. The summed E-state index contributed by atoms with van der Waals surface area (Å²) in [5.74, 6) is -2.31. The second-order valence-electron chi connectivity index (χ2n) is 6.85. The minimum atomic E-state index is -0.876. The Morgan fingerprint density at radius 2 is 1.04 bits per heavy atom. The molecule has 1 rings (SSSR count). The van der Waals surface area contributed by atoms with Crippen LogP contribution in [0.3, 0.4) is 0 Å². The lowest BCUT2D eigenvalue weighted by atomic mass is 10.0. The van der Waals surface area contributed by atoms with Gasteiger partial charge in [-0.3, -0.25) is 14.4 Å². The predicted molar refractivity (Wildman–Crippen MR) is 85.0 cm³/mol. The van der Waals surface area contributed by atoms with Crippen LogP contribution >= 0.6 is 0 Å². The van der Waals surface area contributed by atoms with E-state index in [0.29, 0.717) is 0 Å². The molecule has 24 heavy (non-hydrogen) atoms. The number of hydrogen-bond donors (Lipinski definition) is 0. The minimum absolute atomic E-state index is 0.0875. The van der Waals surface area contributed by atoms with Crippen molar-refractivity contribution in [3.8, 4) is 0 Å². The van der Waals surface area contributed by atoms with Gasteiger partial charge in [0.25, 0.3) is 0 Å². The van der Waals surface area contributed by atoms with E-state index in [1.54, 1.807) is 41.5 Å². The highest BCUT2D eigenvalue weighted by atomic mass is 16.6. The van der Waals surface area contributed by atoms with E-state index in [4.69, 9.17) is 18.9 Å². The Morgan fingerprint density at radius 1 is 0.708 bits per heavy atom. The van der Waals surface area contributed by atoms with Crippen molar-refractivity contribution in [3.05, 3.63) is 0 Å². The van der Waals surface area contributed by atoms with Crippen LogP contribution in [0.15, 0.2) is 0 Å². The van der Waals surface area contributed by atoms with Crippen LogP contribution in [0.4, 0.5) is 0 Å². The van der Waals surface area contributed by atoms with Crippen molar-refractivity contribution in [3.63, 3.8) is 0 Å². The first-order valence-corrected chi connectivity index (χ1v) is 8.32. The zero-order valence-electron chi connectivity index (χ0n) is 15.2. The molecule has 0 aliphatic carbocycles. The first-order chi connectivity index (χ1) is 11.1. The van der Waals surface area contributed by atoms with Gasteiger partial charge in [-0.1, -0.05) is 41.5 Å². The Morgan fingerprint density at radius 3 is 1.38 bits per heavy atom. The van der Waals surface area contributed by atoms with E-state index < -0.39 is 36.2 Å². The van der Waals surface area contributed by atoms with Crippen molar-refractivity contribution in [2.75, 3.05) is 13.2 Å². The quantitative estimate of drug-likeness (QED) is 0.535. The number of carbonyl (C=O) groups excluding carboxylic acids is 3. The highest BCUT2D eigenvalue weighted by Crippen LogP contribution is 2.22. The molecular weight excluding hydrogens is 316 g/mol. The molecule has 2 atom stereocenters. The Bertz CT molecular complexity index is 426. The lowest BCUT2D eigenvalue weighted by molar-refractivity contribution is -0.214. The van der Waals surface area contributed by atoms with Gasteiger partial charge in [-0.2, -0.15) is 0 Å². The molecule has 1 aliphatic heterocycles. The van der Waals surface area contributed by atoms with Crippen LogP contribution in [-0.2, 0) is 33.3 Å². The standard InChI is InChI=1S/C17H28O7/c1-9(2)15(18)22-12-7-21-8-13(23-16(19)10(3)4)14(12)24-17(20)11(5)6/h9-14H,7-8H2,1-6H3/t12-,13-/m1/s1. The number of carbonyl (C=O) groups is 3. The maximum atomic E-state index is 12.0. The summed E-state index contributed by atoms with van der Waals surface area (Å²) in [5.41, 5.74) is 0. The van der Waals surface area contributed by atoms with Crippen LogP contribution < -0.4 is 0 Å². The minimum Gasteiger partial charge on any atom is -0.456 e. The lowest BCUT2D eigenvalue weighted by Gasteiger charge is -2.37. The summed E-state index contributed by atoms with van der Waals surface area (Å²) in [5, 5.41) is 0. The van der Waals surface area contributed by atoms with Crippen LogP contribution in [0.25, 0.3) is 0 Å². The Balaban J connectivity index is 2.92. The third-order valence-electron chi connectivity index (χ3n) is 3.50. The first-order valence-electron chi connectivity index (χ1n) is 8.32. The smallest absolute Gasteiger partial charge is 0.308 e. The molecule has 0 N–H and O–H groups in total. The highest BCUT2D eigenvalue weighted by molar-refractivity contribution is 5.73. The van der Waals surface area contributed by atoms with Crippen LogP contribution in [0.5, 0.6) is 0 Å². The van der Waals surface area contributed by atoms with Gasteiger partial charge < -0.3 is 18.9 Å². The third-order valence-corrected chi connectivity index (χ3v) is 3.50. The zero-order chi connectivity index (χ0) is 18.4. The van der Waals surface area contributed by atoms with E-state index in [9.17, 15) is 14.4 Å². The normalized spacial score (nSPS) is 21.9. The number of hydrogen-bond acceptors (Lipinski definition) is 7. The average Bonchev–Trinajstić information content (AvgIpc) is 2.49. The van der Waals surface area contributed by atoms with Gasteiger partial charge in [-0.05, 0) is 0 Å². The Labute approximate surface area is 143 Å². The largest absolute Gasteiger partial charge is 0.456 e. The number of esters is 3. The molecule has 0 spiro atoms. The fourth-order valence-electron chi connectivity index (χ4n) is 1.92. The van der Waals surface area contributed by atoms with E-state index in [-0.39, 0.29) is 31.0 Å². The SMILES string of the molecule is CC(C)C(=O)OC1[C@H](OC(=O)C(C)C)COC[C@H]1OC(=O)C(C)C. The Hall–Kier alpha value is -1.63. The number of ether oxygens (including phenoxy) is 4. The van der Waals surface area contributed by atoms with E-state index in [2.05, 4.69) is 0 Å². The van der Waals surface area contributed by atoms with Crippen molar-refractivity contribution in [2.24, 2.45) is 17.8 Å². The lowest BCUT2D eigenvalue weighted by Crippen LogP contribution is -2.54. The molecule has 0 bridgehead atoms. The van der Waals surface area contributed by atoms with Gasteiger partial charge in [0.1, 0.15) is 0 Å². The molecule has 138 valence electrons. The fourth-order valence-corrected chi connectivity index (χ4v) is 1.92. The summed E-state index contributed by atoms with van der Waals surface area (Å²) in [6.45, 7) is 10.4. The van der Waals surface area contributed by atoms with Crippen molar-refractivity contribution < 1.29 is 33.3 Å². The van der Waals surface area contributed by atoms with Crippen molar-refractivity contribution in [1.82, 2.24) is 0 Å². The van der Waals surface area contributed by atoms with E-state index in [0.717, 1.165) is 0 Å². The van der Waals surface area contributed by atoms with E-state index in [1.807, 2.05) is 0 Å². The summed E-state index contributed by atoms with van der Waals surface area (Å²) >= 11 is 0. The van der Waals surface area contributed by atoms with Gasteiger partial charge >= 0.3 is 17.9 Å². The molecule has 1 fully saturated rings. The van der Waals surface area contributed by atoms with Gasteiger partial charge in [0.15, 0.2) is 18.3 Å². The molecule has 1 aliphatic rings. The number of rotatable bonds is 6. The van der Waals surface area contributed by atoms with Gasteiger partial charge in [-0.25, -0.2) is 0 Å². The molecule has 0 amide bonds. The van der Waals surface area contributed by atoms with Crippen LogP contribution in [-0.4, -0.2) is 49.4 Å². The van der Waals surface area contributed by atoms with Gasteiger partial charge in [0.05, 0.1) is 31.0 Å². The molecule has 0 aromatic carbocycles. The maximum Gasteiger partial charge on any atom is 0.308 e. The van der Waals surface area contributed by atoms with E-state index in [1.165, 1.54) is 0 Å². The predicted octanol–water partition coefficient (Wildman–Crippen LogP) is 1.72. The zero-order valence-corrected chi connectivity index (χ0v) is 15.2. The van der Waals surface area contributed by atoms with Crippen LogP contribution in [0, 0.1) is 17.8 Å². The topological polar surface area (TPSA) is 88.1 Å². The van der Waals surface area contributed by atoms with Crippen molar-refractivity contribution >= 4 is 17.9 Å². The summed E-state index contributed by atoms with van der Waals surface area (Å²) in [6.07, 6.45) is -2.48. The van der Waals surface area contributed by atoms with Crippen LogP contribution in [0.1, 0.15) is 41.5 Å². The van der Waals surface area contributed by atoms with Gasteiger partial charge in [0, 0.05) is 0 Å². The second-order valence-corrected chi connectivity index (χ2v) is 6.85. The molecule has 0 saturated carbocycles. The summed E-state index contributed by atoms with van der Waals surface area (Å²) in [7, 11) is 0. The molecule has 7 nitrogen and oxygen atoms in total. The fraction of sp³-hybridized carbons (Fsp3) is 0.824. The maximum absolute atomic E-state index is 12.0. The molecule has 0 unspecified atom stereocenters. The van der Waals surface area contributed by atoms with Gasteiger partial charge in [-0.15, -0.1) is 0 Å². The second kappa shape index (κ2) is 9.01.